The summed E-state index contributed by atoms with van der Waals surface area (Å²) >= 11 is 0. The van der Waals surface area contributed by atoms with Crippen LogP contribution in [0.5, 0.6) is 5.75 Å². The molecule has 3 N–H and O–H groups in total. The number of carbonyl (C=O) groups excluding carboxylic acids is 1. The molecule has 3 aromatic rings. The highest BCUT2D eigenvalue weighted by Crippen LogP contribution is 2.42. The van der Waals surface area contributed by atoms with Gasteiger partial charge in [-0.15, -0.1) is 0 Å². The molecule has 7 nitrogen and oxygen atoms in total. The molecule has 10 heteroatoms. The van der Waals surface area contributed by atoms with Gasteiger partial charge in [-0.3, -0.25) is 9.59 Å². The van der Waals surface area contributed by atoms with Gasteiger partial charge in [-0.05, 0) is 51.8 Å². The van der Waals surface area contributed by atoms with Gasteiger partial charge in [0.2, 0.25) is 0 Å². The number of H-pyrrole nitrogens is 1. The van der Waals surface area contributed by atoms with E-state index < -0.39 is 30.0 Å². The van der Waals surface area contributed by atoms with E-state index in [1.54, 1.807) is 39.0 Å². The molecule has 1 saturated heterocycles. The van der Waals surface area contributed by atoms with Crippen LogP contribution in [0.3, 0.4) is 0 Å². The van der Waals surface area contributed by atoms with Crippen molar-refractivity contribution in [3.05, 3.63) is 63.2 Å². The van der Waals surface area contributed by atoms with Crippen LogP contribution in [0.4, 0.5) is 13.2 Å². The maximum absolute atomic E-state index is 13.8. The zero-order chi connectivity index (χ0) is 26.2. The van der Waals surface area contributed by atoms with Crippen LogP contribution < -0.4 is 20.9 Å². The van der Waals surface area contributed by atoms with Crippen LogP contribution in [0.25, 0.3) is 10.9 Å². The number of methoxy groups -OCH3 is 1. The molecule has 1 fully saturated rings. The summed E-state index contributed by atoms with van der Waals surface area (Å²) in [7, 11) is 1.45. The Hall–Kier alpha value is -3.27. The fraction of sp³-hybridized carbons (Fsp3) is 0.462. The Morgan fingerprint density at radius 2 is 2.00 bits per heavy atom. The number of aromatic nitrogens is 2. The van der Waals surface area contributed by atoms with Crippen molar-refractivity contribution in [2.45, 2.75) is 46.0 Å². The summed E-state index contributed by atoms with van der Waals surface area (Å²) in [6.45, 7) is 5.63. The third-order valence-electron chi connectivity index (χ3n) is 7.24. The first-order valence-electron chi connectivity index (χ1n) is 12.0. The Bertz CT molecular complexity index is 1330. The van der Waals surface area contributed by atoms with Crippen LogP contribution >= 0.6 is 0 Å². The standard InChI is InChI=1S/C26H31F3N4O3/c1-14-11-22(36-4)19(24(34)32-14)12-31-25(35)23-16(3)33(21-8-6-5-7-18(21)23)15(2)17-9-10-30-13-20(17)26(27,28)29/h5-8,11,15,17,20,30H,9-10,12-13H2,1-4H3,(H,31,35)(H,32,34)/t15-,17?,20?/m1/s1. The molecule has 0 spiro atoms. The summed E-state index contributed by atoms with van der Waals surface area (Å²) in [6.07, 6.45) is -3.93. The van der Waals surface area contributed by atoms with Gasteiger partial charge in [-0.2, -0.15) is 13.2 Å². The Labute approximate surface area is 207 Å². The zero-order valence-electron chi connectivity index (χ0n) is 20.8. The van der Waals surface area contributed by atoms with E-state index in [9.17, 15) is 22.8 Å². The van der Waals surface area contributed by atoms with Crippen LogP contribution in [0.15, 0.2) is 35.1 Å². The minimum absolute atomic E-state index is 0.0590. The predicted molar refractivity (Wildman–Crippen MR) is 131 cm³/mol. The highest BCUT2D eigenvalue weighted by atomic mass is 19.4. The second kappa shape index (κ2) is 10.0. The summed E-state index contributed by atoms with van der Waals surface area (Å²) in [5, 5.41) is 6.33. The molecule has 0 bridgehead atoms. The molecule has 1 aromatic carbocycles. The topological polar surface area (TPSA) is 88.2 Å². The number of hydrogen-bond donors (Lipinski definition) is 3. The molecular weight excluding hydrogens is 473 g/mol. The summed E-state index contributed by atoms with van der Waals surface area (Å²) in [4.78, 5) is 28.5. The number of ether oxygens (including phenoxy) is 1. The molecule has 0 aliphatic carbocycles. The van der Waals surface area contributed by atoms with Crippen molar-refractivity contribution < 1.29 is 22.7 Å². The first-order valence-corrected chi connectivity index (χ1v) is 12.0. The predicted octanol–water partition coefficient (Wildman–Crippen LogP) is 4.23. The van der Waals surface area contributed by atoms with Gasteiger partial charge in [0.15, 0.2) is 0 Å². The van der Waals surface area contributed by atoms with Gasteiger partial charge < -0.3 is 24.9 Å². The Kier molecular flexibility index (Phi) is 7.17. The van der Waals surface area contributed by atoms with Crippen molar-refractivity contribution in [2.24, 2.45) is 11.8 Å². The number of nitrogens with zero attached hydrogens (tertiary/aromatic N) is 1. The fourth-order valence-corrected chi connectivity index (χ4v) is 5.50. The fourth-order valence-electron chi connectivity index (χ4n) is 5.50. The molecular formula is C26H31F3N4O3. The number of rotatable bonds is 6. The monoisotopic (exact) mass is 504 g/mol. The average molecular weight is 505 g/mol. The number of amides is 1. The lowest BCUT2D eigenvalue weighted by Gasteiger charge is -2.38. The maximum Gasteiger partial charge on any atom is 0.393 e. The number of aromatic amines is 1. The molecule has 0 saturated carbocycles. The largest absolute Gasteiger partial charge is 0.496 e. The van der Waals surface area contributed by atoms with E-state index in [0.717, 1.165) is 0 Å². The summed E-state index contributed by atoms with van der Waals surface area (Å²) in [6, 6.07) is 8.43. The number of benzene rings is 1. The average Bonchev–Trinajstić information content (AvgIpc) is 3.13. The van der Waals surface area contributed by atoms with Crippen LogP contribution in [0.1, 0.15) is 46.7 Å². The number of pyridine rings is 1. The molecule has 1 amide bonds. The number of piperidine rings is 1. The lowest BCUT2D eigenvalue weighted by molar-refractivity contribution is -0.196. The minimum Gasteiger partial charge on any atom is -0.496 e. The van der Waals surface area contributed by atoms with E-state index in [-0.39, 0.29) is 24.2 Å². The van der Waals surface area contributed by atoms with Crippen molar-refractivity contribution in [1.82, 2.24) is 20.2 Å². The SMILES string of the molecule is COc1cc(C)[nH]c(=O)c1CNC(=O)c1c(C)n([C@H](C)C2CCNCC2C(F)(F)F)c2ccccc12. The Morgan fingerprint density at radius 1 is 1.28 bits per heavy atom. The number of hydrogen-bond acceptors (Lipinski definition) is 4. The Morgan fingerprint density at radius 3 is 2.69 bits per heavy atom. The normalized spacial score (nSPS) is 19.3. The van der Waals surface area contributed by atoms with E-state index in [0.29, 0.717) is 46.6 Å². The smallest absolute Gasteiger partial charge is 0.393 e. The number of nitrogens with one attached hydrogen (secondary N) is 3. The van der Waals surface area contributed by atoms with Gasteiger partial charge in [-0.25, -0.2) is 0 Å². The van der Waals surface area contributed by atoms with Gasteiger partial charge in [-0.1, -0.05) is 18.2 Å². The van der Waals surface area contributed by atoms with Gasteiger partial charge in [0, 0.05) is 34.9 Å². The highest BCUT2D eigenvalue weighted by molar-refractivity contribution is 6.08. The Balaban J connectivity index is 1.70. The van der Waals surface area contributed by atoms with Crippen LogP contribution in [0, 0.1) is 25.7 Å². The molecule has 1 aliphatic rings. The number of carbonyl (C=O) groups is 1. The first-order chi connectivity index (χ1) is 17.0. The molecule has 3 atom stereocenters. The number of alkyl halides is 3. The van der Waals surface area contributed by atoms with Crippen molar-refractivity contribution >= 4 is 16.8 Å². The molecule has 4 rings (SSSR count). The number of fused-ring (bicyclic) bond motifs is 1. The molecule has 3 heterocycles. The highest BCUT2D eigenvalue weighted by Gasteiger charge is 2.48. The molecule has 1 aliphatic heterocycles. The van der Waals surface area contributed by atoms with Gasteiger partial charge in [0.25, 0.3) is 11.5 Å². The van der Waals surface area contributed by atoms with Crippen LogP contribution in [0.2, 0.25) is 0 Å². The van der Waals surface area contributed by atoms with E-state index in [4.69, 9.17) is 4.74 Å². The van der Waals surface area contributed by atoms with Crippen molar-refractivity contribution in [2.75, 3.05) is 20.2 Å². The summed E-state index contributed by atoms with van der Waals surface area (Å²) < 4.78 is 48.7. The van der Waals surface area contributed by atoms with Crippen LogP contribution in [-0.2, 0) is 6.54 Å². The second-order valence-electron chi connectivity index (χ2n) is 9.40. The minimum atomic E-state index is -4.32. The second-order valence-corrected chi connectivity index (χ2v) is 9.40. The molecule has 36 heavy (non-hydrogen) atoms. The molecule has 194 valence electrons. The number of aryl methyl sites for hydroxylation is 1. The maximum atomic E-state index is 13.8. The number of halogens is 3. The van der Waals surface area contributed by atoms with Gasteiger partial charge in [0.1, 0.15) is 5.75 Å². The molecule has 0 radical (unpaired) electrons. The zero-order valence-corrected chi connectivity index (χ0v) is 20.8. The first kappa shape index (κ1) is 25.8. The number of para-hydroxylation sites is 1. The molecule has 2 unspecified atom stereocenters. The van der Waals surface area contributed by atoms with Crippen molar-refractivity contribution in [1.29, 1.82) is 0 Å². The van der Waals surface area contributed by atoms with E-state index >= 15 is 0 Å². The third-order valence-corrected chi connectivity index (χ3v) is 7.24. The van der Waals surface area contributed by atoms with Crippen molar-refractivity contribution in [3.63, 3.8) is 0 Å². The third kappa shape index (κ3) is 4.74. The van der Waals surface area contributed by atoms with Gasteiger partial charge in [0.05, 0.1) is 30.7 Å². The van der Waals surface area contributed by atoms with E-state index in [1.807, 2.05) is 16.7 Å². The quantitative estimate of drug-likeness (QED) is 0.469. The summed E-state index contributed by atoms with van der Waals surface area (Å²) in [5.74, 6) is -2.14. The van der Waals surface area contributed by atoms with E-state index in [2.05, 4.69) is 15.6 Å². The lowest BCUT2D eigenvalue weighted by atomic mass is 9.81. The van der Waals surface area contributed by atoms with E-state index in [1.165, 1.54) is 7.11 Å². The van der Waals surface area contributed by atoms with Crippen molar-refractivity contribution in [3.8, 4) is 5.75 Å². The molecule has 2 aromatic heterocycles. The summed E-state index contributed by atoms with van der Waals surface area (Å²) in [5.41, 5.74) is 2.24. The lowest BCUT2D eigenvalue weighted by Crippen LogP contribution is -2.46. The van der Waals surface area contributed by atoms with Crippen LogP contribution in [-0.4, -0.2) is 41.8 Å². The van der Waals surface area contributed by atoms with Gasteiger partial charge >= 0.3 is 6.18 Å².